The molecule has 1 fully saturated rings. The third kappa shape index (κ3) is 5.86. The Hall–Kier alpha value is -3.38. The highest BCUT2D eigenvalue weighted by atomic mass is 32.2. The molecule has 0 radical (unpaired) electrons. The van der Waals surface area contributed by atoms with Gasteiger partial charge in [-0.1, -0.05) is 90.6 Å². The normalized spacial score (nSPS) is 17.0. The van der Waals surface area contributed by atoms with Crippen LogP contribution in [-0.2, 0) is 22.6 Å². The molecular weight excluding hydrogens is 418 g/mol. The number of carbonyl (C=O) groups is 2. The molecule has 0 spiro atoms. The molecule has 1 saturated heterocycles. The Kier molecular flexibility index (Phi) is 7.35. The van der Waals surface area contributed by atoms with E-state index in [1.54, 1.807) is 4.90 Å². The van der Waals surface area contributed by atoms with E-state index >= 15 is 0 Å². The first kappa shape index (κ1) is 21.8. The summed E-state index contributed by atoms with van der Waals surface area (Å²) in [4.78, 5) is 32.1. The third-order valence-corrected chi connectivity index (χ3v) is 6.31. The molecule has 3 aromatic carbocycles. The molecule has 0 bridgehead atoms. The van der Waals surface area contributed by atoms with E-state index in [-0.39, 0.29) is 18.2 Å². The average molecular weight is 444 g/mol. The molecular formula is C26H25N3O2S. The topological polar surface area (TPSA) is 61.8 Å². The number of thioether (sulfide) groups is 1. The smallest absolute Gasteiger partial charge is 0.242 e. The van der Waals surface area contributed by atoms with E-state index in [2.05, 4.69) is 5.32 Å². The van der Waals surface area contributed by atoms with Crippen molar-refractivity contribution in [3.63, 3.8) is 0 Å². The number of nitrogens with one attached hydrogen (secondary N) is 1. The Morgan fingerprint density at radius 1 is 0.875 bits per heavy atom. The molecule has 0 unspecified atom stereocenters. The summed E-state index contributed by atoms with van der Waals surface area (Å²) in [5, 5.41) is 3.10. The van der Waals surface area contributed by atoms with Gasteiger partial charge in [-0.05, 0) is 29.7 Å². The SMILES string of the molecule is O=C(C[C@@H]1SC(=Nc2ccccc2)N(Cc2ccccc2)C1=O)NCCc1ccccc1. The first-order valence-corrected chi connectivity index (χ1v) is 11.5. The zero-order chi connectivity index (χ0) is 22.2. The number of aliphatic imine (C=N–C) groups is 1. The summed E-state index contributed by atoms with van der Waals surface area (Å²) in [6.07, 6.45) is 0.899. The number of rotatable bonds is 8. The molecule has 1 aliphatic heterocycles. The number of carbonyl (C=O) groups excluding carboxylic acids is 2. The molecule has 1 N–H and O–H groups in total. The van der Waals surface area contributed by atoms with Gasteiger partial charge in [0.25, 0.3) is 0 Å². The lowest BCUT2D eigenvalue weighted by Gasteiger charge is -2.16. The first-order valence-electron chi connectivity index (χ1n) is 10.7. The number of nitrogens with zero attached hydrogens (tertiary/aromatic N) is 2. The van der Waals surface area contributed by atoms with E-state index in [1.165, 1.54) is 17.3 Å². The molecule has 162 valence electrons. The van der Waals surface area contributed by atoms with Crippen LogP contribution in [0.25, 0.3) is 0 Å². The summed E-state index contributed by atoms with van der Waals surface area (Å²) < 4.78 is 0. The van der Waals surface area contributed by atoms with Crippen molar-refractivity contribution in [3.05, 3.63) is 102 Å². The largest absolute Gasteiger partial charge is 0.356 e. The molecule has 32 heavy (non-hydrogen) atoms. The average Bonchev–Trinajstić information content (AvgIpc) is 3.10. The molecule has 0 aliphatic carbocycles. The molecule has 1 aliphatic rings. The highest BCUT2D eigenvalue weighted by Crippen LogP contribution is 2.32. The molecule has 5 nitrogen and oxygen atoms in total. The highest BCUT2D eigenvalue weighted by molar-refractivity contribution is 8.15. The van der Waals surface area contributed by atoms with Crippen molar-refractivity contribution in [2.45, 2.75) is 24.6 Å². The van der Waals surface area contributed by atoms with Gasteiger partial charge in [-0.25, -0.2) is 4.99 Å². The van der Waals surface area contributed by atoms with Crippen molar-refractivity contribution in [1.82, 2.24) is 10.2 Å². The lowest BCUT2D eigenvalue weighted by Crippen LogP contribution is -2.34. The minimum absolute atomic E-state index is 0.0771. The van der Waals surface area contributed by atoms with Gasteiger partial charge in [0.05, 0.1) is 12.2 Å². The van der Waals surface area contributed by atoms with E-state index in [4.69, 9.17) is 4.99 Å². The van der Waals surface area contributed by atoms with Gasteiger partial charge < -0.3 is 5.32 Å². The van der Waals surface area contributed by atoms with Gasteiger partial charge in [0.1, 0.15) is 5.25 Å². The van der Waals surface area contributed by atoms with Gasteiger partial charge in [0, 0.05) is 13.0 Å². The summed E-state index contributed by atoms with van der Waals surface area (Å²) >= 11 is 1.36. The van der Waals surface area contributed by atoms with Crippen molar-refractivity contribution in [2.75, 3.05) is 6.54 Å². The predicted octanol–water partition coefficient (Wildman–Crippen LogP) is 4.57. The Balaban J connectivity index is 1.42. The summed E-state index contributed by atoms with van der Waals surface area (Å²) in [6.45, 7) is 0.984. The molecule has 4 rings (SSSR count). The molecule has 3 aromatic rings. The van der Waals surface area contributed by atoms with Crippen molar-refractivity contribution in [2.24, 2.45) is 4.99 Å². The van der Waals surface area contributed by atoms with Crippen molar-refractivity contribution in [3.8, 4) is 0 Å². The van der Waals surface area contributed by atoms with Crippen LogP contribution in [0.5, 0.6) is 0 Å². The molecule has 1 heterocycles. The number of benzene rings is 3. The van der Waals surface area contributed by atoms with Crippen molar-refractivity contribution < 1.29 is 9.59 Å². The van der Waals surface area contributed by atoms with Gasteiger partial charge in [-0.3, -0.25) is 14.5 Å². The van der Waals surface area contributed by atoms with Crippen LogP contribution < -0.4 is 5.32 Å². The van der Waals surface area contributed by atoms with E-state index in [1.807, 2.05) is 91.0 Å². The number of amides is 2. The van der Waals surface area contributed by atoms with E-state index in [0.29, 0.717) is 18.3 Å². The number of amidine groups is 1. The van der Waals surface area contributed by atoms with Gasteiger partial charge in [0.2, 0.25) is 11.8 Å². The first-order chi connectivity index (χ1) is 15.7. The summed E-state index contributed by atoms with van der Waals surface area (Å²) in [5.74, 6) is -0.195. The van der Waals surface area contributed by atoms with E-state index in [0.717, 1.165) is 17.7 Å². The van der Waals surface area contributed by atoms with Crippen LogP contribution in [0.15, 0.2) is 96.0 Å². The third-order valence-electron chi connectivity index (χ3n) is 5.13. The minimum Gasteiger partial charge on any atom is -0.356 e. The lowest BCUT2D eigenvalue weighted by atomic mass is 10.1. The van der Waals surface area contributed by atoms with Crippen LogP contribution in [0.3, 0.4) is 0 Å². The molecule has 1 atom stereocenters. The number of hydrogen-bond donors (Lipinski definition) is 1. The number of hydrogen-bond acceptors (Lipinski definition) is 4. The second-order valence-electron chi connectivity index (χ2n) is 7.54. The van der Waals surface area contributed by atoms with Gasteiger partial charge >= 0.3 is 0 Å². The van der Waals surface area contributed by atoms with E-state index in [9.17, 15) is 9.59 Å². The van der Waals surface area contributed by atoms with Crippen molar-refractivity contribution >= 4 is 34.4 Å². The fraction of sp³-hybridized carbons (Fsp3) is 0.192. The molecule has 0 saturated carbocycles. The fourth-order valence-electron chi connectivity index (χ4n) is 3.48. The van der Waals surface area contributed by atoms with Crippen LogP contribution in [0, 0.1) is 0 Å². The number of para-hydroxylation sites is 1. The van der Waals surface area contributed by atoms with E-state index < -0.39 is 5.25 Å². The minimum atomic E-state index is -0.474. The fourth-order valence-corrected chi connectivity index (χ4v) is 4.64. The predicted molar refractivity (Wildman–Crippen MR) is 130 cm³/mol. The zero-order valence-corrected chi connectivity index (χ0v) is 18.5. The maximum Gasteiger partial charge on any atom is 0.242 e. The quantitative estimate of drug-likeness (QED) is 0.555. The van der Waals surface area contributed by atoms with Crippen molar-refractivity contribution in [1.29, 1.82) is 0 Å². The summed E-state index contributed by atoms with van der Waals surface area (Å²) in [7, 11) is 0. The monoisotopic (exact) mass is 443 g/mol. The van der Waals surface area contributed by atoms with Crippen LogP contribution in [-0.4, -0.2) is 33.7 Å². The molecule has 6 heteroatoms. The van der Waals surface area contributed by atoms with Gasteiger partial charge in [-0.15, -0.1) is 0 Å². The summed E-state index contributed by atoms with van der Waals surface area (Å²) in [5.41, 5.74) is 2.98. The standard InChI is InChI=1S/C26H25N3O2S/c30-24(27-17-16-20-10-4-1-5-11-20)18-23-25(31)29(19-21-12-6-2-7-13-21)26(32-23)28-22-14-8-3-9-15-22/h1-15,23H,16-19H2,(H,27,30)/t23-/m0/s1. The Morgan fingerprint density at radius 3 is 2.12 bits per heavy atom. The Labute approximate surface area is 192 Å². The zero-order valence-electron chi connectivity index (χ0n) is 17.7. The lowest BCUT2D eigenvalue weighted by molar-refractivity contribution is -0.129. The van der Waals surface area contributed by atoms with Gasteiger partial charge in [-0.2, -0.15) is 0 Å². The van der Waals surface area contributed by atoms with Crippen LogP contribution in [0.1, 0.15) is 17.5 Å². The van der Waals surface area contributed by atoms with Crippen LogP contribution in [0.4, 0.5) is 5.69 Å². The molecule has 2 amide bonds. The summed E-state index contributed by atoms with van der Waals surface area (Å²) in [6, 6.07) is 29.4. The van der Waals surface area contributed by atoms with Crippen LogP contribution in [0.2, 0.25) is 0 Å². The van der Waals surface area contributed by atoms with Gasteiger partial charge in [0.15, 0.2) is 5.17 Å². The van der Waals surface area contributed by atoms with Crippen LogP contribution >= 0.6 is 11.8 Å². The maximum absolute atomic E-state index is 13.2. The molecule has 0 aromatic heterocycles. The second kappa shape index (κ2) is 10.8. The maximum atomic E-state index is 13.2. The highest BCUT2D eigenvalue weighted by Gasteiger charge is 2.39. The Morgan fingerprint density at radius 2 is 1.47 bits per heavy atom. The second-order valence-corrected chi connectivity index (χ2v) is 8.71. The Bertz CT molecular complexity index is 1070.